The van der Waals surface area contributed by atoms with Gasteiger partial charge in [-0.1, -0.05) is 17.8 Å². The van der Waals surface area contributed by atoms with Crippen LogP contribution >= 0.6 is 11.8 Å². The smallest absolute Gasteiger partial charge is 0.234 e. The molecule has 3 aromatic rings. The number of anilines is 1. The predicted octanol–water partition coefficient (Wildman–Crippen LogP) is 2.97. The Morgan fingerprint density at radius 2 is 2.28 bits per heavy atom. The minimum Gasteiger partial charge on any atom is -0.495 e. The third-order valence-electron chi connectivity index (χ3n) is 3.45. The third kappa shape index (κ3) is 4.42. The maximum absolute atomic E-state index is 12.3. The maximum atomic E-state index is 12.3. The Bertz CT molecular complexity index is 845. The second-order valence-electron chi connectivity index (χ2n) is 5.36. The van der Waals surface area contributed by atoms with Gasteiger partial charge in [0.05, 0.1) is 31.4 Å². The number of amides is 1. The zero-order chi connectivity index (χ0) is 17.6. The molecule has 1 amide bonds. The number of carbonyl (C=O) groups is 1. The molecule has 0 unspecified atom stereocenters. The Labute approximate surface area is 149 Å². The number of nitrogens with one attached hydrogen (secondary N) is 1. The number of aryl methyl sites for hydroxylation is 1. The number of benzene rings is 1. The monoisotopic (exact) mass is 358 g/mol. The van der Waals surface area contributed by atoms with E-state index < -0.39 is 0 Å². The van der Waals surface area contributed by atoms with Crippen LogP contribution in [0.2, 0.25) is 0 Å². The van der Waals surface area contributed by atoms with Gasteiger partial charge in [-0.15, -0.1) is 10.2 Å². The second kappa shape index (κ2) is 7.89. The SMILES string of the molecule is COc1ccc(C)cc1NC(=O)CSc1nncn1Cc1ccco1. The van der Waals surface area contributed by atoms with E-state index in [1.807, 2.05) is 41.8 Å². The fraction of sp³-hybridized carbons (Fsp3) is 0.235. The van der Waals surface area contributed by atoms with Crippen LogP contribution in [0.4, 0.5) is 5.69 Å². The summed E-state index contributed by atoms with van der Waals surface area (Å²) in [5, 5.41) is 11.5. The van der Waals surface area contributed by atoms with Crippen LogP contribution in [-0.4, -0.2) is 33.5 Å². The molecule has 2 aromatic heterocycles. The molecule has 130 valence electrons. The van der Waals surface area contributed by atoms with Gasteiger partial charge >= 0.3 is 0 Å². The van der Waals surface area contributed by atoms with Crippen molar-refractivity contribution in [1.82, 2.24) is 14.8 Å². The molecular formula is C17H18N4O3S. The molecule has 0 spiro atoms. The molecule has 0 fully saturated rings. The number of furan rings is 1. The molecule has 3 rings (SSSR count). The number of methoxy groups -OCH3 is 1. The first-order valence-corrected chi connectivity index (χ1v) is 8.62. The quantitative estimate of drug-likeness (QED) is 0.654. The number of aromatic nitrogens is 3. The molecule has 0 radical (unpaired) electrons. The fourth-order valence-corrected chi connectivity index (χ4v) is 2.99. The average Bonchev–Trinajstić information content (AvgIpc) is 3.26. The van der Waals surface area contributed by atoms with Crippen LogP contribution in [0.1, 0.15) is 11.3 Å². The van der Waals surface area contributed by atoms with Crippen LogP contribution in [0, 0.1) is 6.92 Å². The summed E-state index contributed by atoms with van der Waals surface area (Å²) in [5.74, 6) is 1.51. The van der Waals surface area contributed by atoms with Crippen LogP contribution in [-0.2, 0) is 11.3 Å². The lowest BCUT2D eigenvalue weighted by molar-refractivity contribution is -0.113. The normalized spacial score (nSPS) is 10.6. The van der Waals surface area contributed by atoms with Crippen molar-refractivity contribution in [2.45, 2.75) is 18.6 Å². The van der Waals surface area contributed by atoms with Gasteiger partial charge in [0, 0.05) is 0 Å². The molecule has 25 heavy (non-hydrogen) atoms. The van der Waals surface area contributed by atoms with Crippen molar-refractivity contribution in [3.63, 3.8) is 0 Å². The van der Waals surface area contributed by atoms with Crippen molar-refractivity contribution < 1.29 is 13.9 Å². The predicted molar refractivity (Wildman–Crippen MR) is 94.9 cm³/mol. The van der Waals surface area contributed by atoms with Crippen LogP contribution in [0.15, 0.2) is 52.5 Å². The Kier molecular flexibility index (Phi) is 5.39. The van der Waals surface area contributed by atoms with E-state index in [9.17, 15) is 4.79 Å². The molecule has 1 N–H and O–H groups in total. The Balaban J connectivity index is 1.60. The van der Waals surface area contributed by atoms with Gasteiger partial charge in [0.2, 0.25) is 5.91 Å². The highest BCUT2D eigenvalue weighted by Crippen LogP contribution is 2.25. The molecule has 0 aliphatic carbocycles. The first-order valence-electron chi connectivity index (χ1n) is 7.63. The summed E-state index contributed by atoms with van der Waals surface area (Å²) in [6.45, 7) is 2.48. The number of hydrogen-bond donors (Lipinski definition) is 1. The number of thioether (sulfide) groups is 1. The van der Waals surface area contributed by atoms with E-state index in [-0.39, 0.29) is 11.7 Å². The van der Waals surface area contributed by atoms with Crippen molar-refractivity contribution in [2.75, 3.05) is 18.2 Å². The molecule has 0 saturated heterocycles. The lowest BCUT2D eigenvalue weighted by Crippen LogP contribution is -2.15. The fourth-order valence-electron chi connectivity index (χ4n) is 2.27. The van der Waals surface area contributed by atoms with Crippen molar-refractivity contribution in [2.24, 2.45) is 0 Å². The van der Waals surface area contributed by atoms with Gasteiger partial charge in [-0.25, -0.2) is 0 Å². The molecule has 8 heteroatoms. The second-order valence-corrected chi connectivity index (χ2v) is 6.30. The van der Waals surface area contributed by atoms with Crippen LogP contribution in [0.3, 0.4) is 0 Å². The molecular weight excluding hydrogens is 340 g/mol. The minimum absolute atomic E-state index is 0.138. The number of ether oxygens (including phenoxy) is 1. The molecule has 0 aliphatic heterocycles. The first kappa shape index (κ1) is 17.1. The van der Waals surface area contributed by atoms with Gasteiger partial charge in [-0.05, 0) is 36.8 Å². The van der Waals surface area contributed by atoms with E-state index in [1.54, 1.807) is 19.7 Å². The van der Waals surface area contributed by atoms with E-state index in [2.05, 4.69) is 15.5 Å². The van der Waals surface area contributed by atoms with Crippen LogP contribution in [0.5, 0.6) is 5.75 Å². The topological polar surface area (TPSA) is 82.2 Å². The highest BCUT2D eigenvalue weighted by molar-refractivity contribution is 7.99. The van der Waals surface area contributed by atoms with E-state index in [0.717, 1.165) is 11.3 Å². The molecule has 2 heterocycles. The van der Waals surface area contributed by atoms with Gasteiger partial charge in [-0.2, -0.15) is 0 Å². The van der Waals surface area contributed by atoms with Crippen molar-refractivity contribution in [3.05, 3.63) is 54.2 Å². The molecule has 0 bridgehead atoms. The summed E-state index contributed by atoms with van der Waals surface area (Å²) in [6, 6.07) is 9.35. The van der Waals surface area contributed by atoms with Gasteiger partial charge < -0.3 is 19.0 Å². The van der Waals surface area contributed by atoms with E-state index in [4.69, 9.17) is 9.15 Å². The number of hydrogen-bond acceptors (Lipinski definition) is 6. The molecule has 1 aromatic carbocycles. The standard InChI is InChI=1S/C17H18N4O3S/c1-12-5-6-15(23-2)14(8-12)19-16(22)10-25-17-20-18-11-21(17)9-13-4-3-7-24-13/h3-8,11H,9-10H2,1-2H3,(H,19,22). The largest absolute Gasteiger partial charge is 0.495 e. The highest BCUT2D eigenvalue weighted by atomic mass is 32.2. The highest BCUT2D eigenvalue weighted by Gasteiger charge is 2.12. The van der Waals surface area contributed by atoms with Gasteiger partial charge in [0.1, 0.15) is 17.8 Å². The zero-order valence-corrected chi connectivity index (χ0v) is 14.7. The van der Waals surface area contributed by atoms with E-state index in [0.29, 0.717) is 23.1 Å². The van der Waals surface area contributed by atoms with Gasteiger partial charge in [0.25, 0.3) is 0 Å². The lowest BCUT2D eigenvalue weighted by atomic mass is 10.2. The number of rotatable bonds is 7. The van der Waals surface area contributed by atoms with Gasteiger partial charge in [-0.3, -0.25) is 4.79 Å². The third-order valence-corrected chi connectivity index (χ3v) is 4.43. The number of nitrogens with zero attached hydrogens (tertiary/aromatic N) is 3. The maximum Gasteiger partial charge on any atom is 0.234 e. The lowest BCUT2D eigenvalue weighted by Gasteiger charge is -2.11. The molecule has 0 saturated carbocycles. The molecule has 0 aliphatic rings. The van der Waals surface area contributed by atoms with Crippen LogP contribution < -0.4 is 10.1 Å². The summed E-state index contributed by atoms with van der Waals surface area (Å²) in [7, 11) is 1.58. The average molecular weight is 358 g/mol. The summed E-state index contributed by atoms with van der Waals surface area (Å²) in [6.07, 6.45) is 3.24. The summed E-state index contributed by atoms with van der Waals surface area (Å²) in [5.41, 5.74) is 1.70. The first-order chi connectivity index (χ1) is 12.2. The summed E-state index contributed by atoms with van der Waals surface area (Å²) < 4.78 is 12.4. The number of carbonyl (C=O) groups excluding carboxylic acids is 1. The minimum atomic E-state index is -0.138. The van der Waals surface area contributed by atoms with Crippen molar-refractivity contribution in [3.8, 4) is 5.75 Å². The Hall–Kier alpha value is -2.74. The zero-order valence-electron chi connectivity index (χ0n) is 13.9. The summed E-state index contributed by atoms with van der Waals surface area (Å²) >= 11 is 1.32. The Morgan fingerprint density at radius 3 is 3.04 bits per heavy atom. The van der Waals surface area contributed by atoms with Gasteiger partial charge in [0.15, 0.2) is 5.16 Å². The van der Waals surface area contributed by atoms with E-state index >= 15 is 0 Å². The van der Waals surface area contributed by atoms with Crippen LogP contribution in [0.25, 0.3) is 0 Å². The summed E-state index contributed by atoms with van der Waals surface area (Å²) in [4.78, 5) is 12.3. The van der Waals surface area contributed by atoms with Crippen molar-refractivity contribution >= 4 is 23.4 Å². The van der Waals surface area contributed by atoms with E-state index in [1.165, 1.54) is 11.8 Å². The molecule has 7 nitrogen and oxygen atoms in total. The molecule has 0 atom stereocenters. The van der Waals surface area contributed by atoms with Crippen molar-refractivity contribution in [1.29, 1.82) is 0 Å². The Morgan fingerprint density at radius 1 is 1.40 bits per heavy atom.